The number of hydrogen-bond acceptors (Lipinski definition) is 2. The lowest BCUT2D eigenvalue weighted by Crippen LogP contribution is -2.48. The predicted molar refractivity (Wildman–Crippen MR) is 98.3 cm³/mol. The maximum Gasteiger partial charge on any atom is 0.0195 e. The fourth-order valence-electron chi connectivity index (χ4n) is 3.30. The van der Waals surface area contributed by atoms with Crippen molar-refractivity contribution in [2.75, 3.05) is 26.2 Å². The van der Waals surface area contributed by atoms with Crippen LogP contribution in [0.25, 0.3) is 0 Å². The summed E-state index contributed by atoms with van der Waals surface area (Å²) in [5, 5.41) is 3.89. The summed E-state index contributed by atoms with van der Waals surface area (Å²) < 4.78 is 0. The van der Waals surface area contributed by atoms with E-state index in [1.807, 2.05) is 0 Å². The van der Waals surface area contributed by atoms with Crippen LogP contribution in [-0.2, 0) is 0 Å². The number of unbranched alkanes of at least 4 members (excludes halogenated alkanes) is 1. The second-order valence-electron chi connectivity index (χ2n) is 7.22. The Morgan fingerprint density at radius 1 is 1.32 bits per heavy atom. The number of likely N-dealkylation sites (tertiary alicyclic amines) is 1. The Morgan fingerprint density at radius 2 is 2.09 bits per heavy atom. The summed E-state index contributed by atoms with van der Waals surface area (Å²) in [6, 6.07) is 0.668. The standard InChI is InChI=1S/C20H38N2/c1-6-9-13-20(7-2,14-12-18(4)5)17-21-19-11-10-15-22(8-3)16-19/h14,19,21H,6-11,13,15-17H2,1-5H3/t19-,20+/m1/s1. The minimum atomic E-state index is 0.280. The van der Waals surface area contributed by atoms with Gasteiger partial charge < -0.3 is 10.2 Å². The molecule has 0 radical (unpaired) electrons. The van der Waals surface area contributed by atoms with Crippen LogP contribution in [0, 0.1) is 5.41 Å². The molecule has 1 N–H and O–H groups in total. The topological polar surface area (TPSA) is 15.3 Å². The van der Waals surface area contributed by atoms with Crippen LogP contribution in [0.1, 0.15) is 73.1 Å². The van der Waals surface area contributed by atoms with Gasteiger partial charge in [0.2, 0.25) is 0 Å². The number of rotatable bonds is 9. The van der Waals surface area contributed by atoms with E-state index in [0.717, 1.165) is 6.54 Å². The van der Waals surface area contributed by atoms with Crippen molar-refractivity contribution in [2.24, 2.45) is 5.41 Å². The smallest absolute Gasteiger partial charge is 0.0195 e. The first-order valence-corrected chi connectivity index (χ1v) is 9.42. The van der Waals surface area contributed by atoms with E-state index in [-0.39, 0.29) is 5.41 Å². The molecular formula is C20H38N2. The summed E-state index contributed by atoms with van der Waals surface area (Å²) in [7, 11) is 0. The van der Waals surface area contributed by atoms with E-state index in [2.05, 4.69) is 56.6 Å². The van der Waals surface area contributed by atoms with Gasteiger partial charge in [0, 0.05) is 24.5 Å². The minimum Gasteiger partial charge on any atom is -0.312 e. The van der Waals surface area contributed by atoms with Crippen LogP contribution in [-0.4, -0.2) is 37.1 Å². The molecule has 0 bridgehead atoms. The molecule has 2 nitrogen and oxygen atoms in total. The number of piperidine rings is 1. The summed E-state index contributed by atoms with van der Waals surface area (Å²) in [5.41, 5.74) is 5.06. The highest BCUT2D eigenvalue weighted by Crippen LogP contribution is 2.30. The Morgan fingerprint density at radius 3 is 2.68 bits per heavy atom. The van der Waals surface area contributed by atoms with Crippen LogP contribution >= 0.6 is 0 Å². The molecule has 1 aliphatic heterocycles. The predicted octanol–water partition coefficient (Wildman–Crippen LogP) is 4.77. The Hall–Kier alpha value is -0.560. The van der Waals surface area contributed by atoms with Gasteiger partial charge >= 0.3 is 0 Å². The highest BCUT2D eigenvalue weighted by Gasteiger charge is 2.27. The Kier molecular flexibility index (Phi) is 9.09. The normalized spacial score (nSPS) is 22.0. The van der Waals surface area contributed by atoms with Gasteiger partial charge in [-0.1, -0.05) is 33.6 Å². The largest absolute Gasteiger partial charge is 0.312 e. The van der Waals surface area contributed by atoms with Crippen LogP contribution in [0.5, 0.6) is 0 Å². The number of nitrogens with zero attached hydrogens (tertiary/aromatic N) is 1. The van der Waals surface area contributed by atoms with E-state index >= 15 is 0 Å². The maximum absolute atomic E-state index is 3.89. The van der Waals surface area contributed by atoms with Crippen molar-refractivity contribution >= 4 is 0 Å². The average molecular weight is 307 g/mol. The molecule has 22 heavy (non-hydrogen) atoms. The second-order valence-corrected chi connectivity index (χ2v) is 7.22. The molecule has 1 aliphatic rings. The molecule has 0 unspecified atom stereocenters. The van der Waals surface area contributed by atoms with E-state index in [1.54, 1.807) is 0 Å². The van der Waals surface area contributed by atoms with Crippen molar-refractivity contribution in [2.45, 2.75) is 79.2 Å². The molecule has 0 aliphatic carbocycles. The average Bonchev–Trinajstić information content (AvgIpc) is 2.55. The van der Waals surface area contributed by atoms with Crippen LogP contribution < -0.4 is 5.32 Å². The minimum absolute atomic E-state index is 0.280. The van der Waals surface area contributed by atoms with Gasteiger partial charge in [-0.05, 0) is 64.3 Å². The van der Waals surface area contributed by atoms with Crippen LogP contribution in [0.3, 0.4) is 0 Å². The summed E-state index contributed by atoms with van der Waals surface area (Å²) in [6.07, 6.45) is 10.1. The van der Waals surface area contributed by atoms with Crippen molar-refractivity contribution < 1.29 is 0 Å². The van der Waals surface area contributed by atoms with E-state index in [0.29, 0.717) is 6.04 Å². The van der Waals surface area contributed by atoms with Crippen LogP contribution in [0.15, 0.2) is 17.4 Å². The fourth-order valence-corrected chi connectivity index (χ4v) is 3.30. The van der Waals surface area contributed by atoms with E-state index in [9.17, 15) is 0 Å². The molecular weight excluding hydrogens is 268 g/mol. The molecule has 2 heteroatoms. The zero-order valence-corrected chi connectivity index (χ0v) is 15.7. The molecule has 1 heterocycles. The first-order valence-electron chi connectivity index (χ1n) is 9.42. The van der Waals surface area contributed by atoms with E-state index in [1.165, 1.54) is 63.7 Å². The van der Waals surface area contributed by atoms with Crippen molar-refractivity contribution in [3.05, 3.63) is 17.4 Å². The first-order chi connectivity index (χ1) is 10.5. The monoisotopic (exact) mass is 306 g/mol. The van der Waals surface area contributed by atoms with Crippen molar-refractivity contribution in [3.63, 3.8) is 0 Å². The summed E-state index contributed by atoms with van der Waals surface area (Å²) in [4.78, 5) is 2.58. The first kappa shape index (κ1) is 19.5. The Labute approximate surface area is 139 Å². The summed E-state index contributed by atoms with van der Waals surface area (Å²) >= 11 is 0. The van der Waals surface area contributed by atoms with Crippen molar-refractivity contribution in [3.8, 4) is 0 Å². The molecule has 128 valence electrons. The molecule has 1 saturated heterocycles. The number of hydrogen-bond donors (Lipinski definition) is 1. The molecule has 0 saturated carbocycles. The van der Waals surface area contributed by atoms with Gasteiger partial charge in [0.25, 0.3) is 0 Å². The summed E-state index contributed by atoms with van der Waals surface area (Å²) in [6.45, 7) is 16.0. The van der Waals surface area contributed by atoms with E-state index in [4.69, 9.17) is 0 Å². The maximum atomic E-state index is 3.89. The van der Waals surface area contributed by atoms with Crippen LogP contribution in [0.4, 0.5) is 0 Å². The molecule has 0 aromatic carbocycles. The third-order valence-electron chi connectivity index (χ3n) is 5.09. The quantitative estimate of drug-likeness (QED) is 0.617. The number of likely N-dealkylation sites (N-methyl/N-ethyl adjacent to an activating group) is 1. The third kappa shape index (κ3) is 6.69. The SMILES string of the molecule is CCCC[C@](C=C=C(C)C)(CC)CN[C@@H]1CCCN(CC)C1. The van der Waals surface area contributed by atoms with Gasteiger partial charge in [0.15, 0.2) is 0 Å². The molecule has 1 rings (SSSR count). The highest BCUT2D eigenvalue weighted by atomic mass is 15.2. The fraction of sp³-hybridized carbons (Fsp3) is 0.850. The lowest BCUT2D eigenvalue weighted by Gasteiger charge is -2.36. The van der Waals surface area contributed by atoms with Crippen LogP contribution in [0.2, 0.25) is 0 Å². The summed E-state index contributed by atoms with van der Waals surface area (Å²) in [5.74, 6) is 0. The van der Waals surface area contributed by atoms with Crippen molar-refractivity contribution in [1.29, 1.82) is 0 Å². The second kappa shape index (κ2) is 10.3. The zero-order valence-electron chi connectivity index (χ0n) is 15.7. The highest BCUT2D eigenvalue weighted by molar-refractivity contribution is 5.04. The van der Waals surface area contributed by atoms with Gasteiger partial charge in [0.1, 0.15) is 0 Å². The van der Waals surface area contributed by atoms with Gasteiger partial charge in [-0.15, -0.1) is 5.73 Å². The molecule has 2 atom stereocenters. The molecule has 0 spiro atoms. The van der Waals surface area contributed by atoms with Gasteiger partial charge in [-0.25, -0.2) is 0 Å². The lowest BCUT2D eigenvalue weighted by atomic mass is 9.79. The molecule has 0 aromatic rings. The van der Waals surface area contributed by atoms with E-state index < -0.39 is 0 Å². The molecule has 0 amide bonds. The molecule has 0 aromatic heterocycles. The third-order valence-corrected chi connectivity index (χ3v) is 5.09. The van der Waals surface area contributed by atoms with Gasteiger partial charge in [-0.3, -0.25) is 0 Å². The number of nitrogens with one attached hydrogen (secondary N) is 1. The Balaban J connectivity index is 2.68. The zero-order chi connectivity index (χ0) is 16.4. The molecule has 1 fully saturated rings. The lowest BCUT2D eigenvalue weighted by molar-refractivity contribution is 0.184. The van der Waals surface area contributed by atoms with Gasteiger partial charge in [0.05, 0.1) is 0 Å². The Bertz CT molecular complexity index is 364. The van der Waals surface area contributed by atoms with Crippen molar-refractivity contribution in [1.82, 2.24) is 10.2 Å². The van der Waals surface area contributed by atoms with Gasteiger partial charge in [-0.2, -0.15) is 0 Å².